The second-order valence-corrected chi connectivity index (χ2v) is 9.05. The lowest BCUT2D eigenvalue weighted by atomic mass is 9.95. The number of likely N-dealkylation sites (tertiary alicyclic amines) is 1. The fourth-order valence-electron chi connectivity index (χ4n) is 5.15. The first-order chi connectivity index (χ1) is 18.4. The molecule has 10 heteroatoms. The summed E-state index contributed by atoms with van der Waals surface area (Å²) in [6, 6.07) is 6.59. The zero-order valence-corrected chi connectivity index (χ0v) is 22.5. The van der Waals surface area contributed by atoms with Gasteiger partial charge in [-0.25, -0.2) is 4.79 Å². The normalized spacial score (nSPS) is 13.8. The van der Waals surface area contributed by atoms with Crippen LogP contribution in [0, 0.1) is 0 Å². The summed E-state index contributed by atoms with van der Waals surface area (Å²) >= 11 is 0. The Morgan fingerprint density at radius 3 is 1.82 bits per heavy atom. The number of aromatic carboxylic acids is 1. The molecular formula is C28H34N2O8. The van der Waals surface area contributed by atoms with Crippen LogP contribution in [0.15, 0.2) is 29.1 Å². The number of piperidine rings is 1. The Morgan fingerprint density at radius 1 is 0.763 bits per heavy atom. The fourth-order valence-corrected chi connectivity index (χ4v) is 5.15. The molecular weight excluding hydrogens is 492 g/mol. The number of hydrogen-bond acceptors (Lipinski definition) is 8. The molecule has 0 aliphatic carbocycles. The monoisotopic (exact) mass is 526 g/mol. The van der Waals surface area contributed by atoms with Crippen LogP contribution in [0.4, 0.5) is 0 Å². The standard InChI is InChI=1S/C28H34N2O8/c1-34-20-15-18-19(16-21(20)35-2)27(31)30(12-11-29-9-7-6-8-10-29)25(28(32)33)24(18)17-13-22(36-3)26(38-5)23(14-17)37-4/h13-16H,6-12H2,1-5H3,(H,32,33). The van der Waals surface area contributed by atoms with Crippen LogP contribution in [0.2, 0.25) is 0 Å². The van der Waals surface area contributed by atoms with Gasteiger partial charge in [0.15, 0.2) is 23.0 Å². The molecule has 0 saturated carbocycles. The van der Waals surface area contributed by atoms with Gasteiger partial charge in [0.25, 0.3) is 5.56 Å². The highest BCUT2D eigenvalue weighted by molar-refractivity contribution is 6.07. The van der Waals surface area contributed by atoms with Gasteiger partial charge < -0.3 is 38.3 Å². The summed E-state index contributed by atoms with van der Waals surface area (Å²) in [6.45, 7) is 2.64. The Morgan fingerprint density at radius 2 is 1.32 bits per heavy atom. The average molecular weight is 527 g/mol. The van der Waals surface area contributed by atoms with Crippen molar-refractivity contribution >= 4 is 16.7 Å². The highest BCUT2D eigenvalue weighted by atomic mass is 16.5. The lowest BCUT2D eigenvalue weighted by Crippen LogP contribution is -2.36. The number of nitrogens with zero attached hydrogens (tertiary/aromatic N) is 2. The maximum absolute atomic E-state index is 13.8. The lowest BCUT2D eigenvalue weighted by Gasteiger charge is -2.27. The molecule has 1 aliphatic heterocycles. The van der Waals surface area contributed by atoms with E-state index in [1.54, 1.807) is 24.3 Å². The Kier molecular flexibility index (Phi) is 8.31. The molecule has 3 aromatic rings. The van der Waals surface area contributed by atoms with E-state index in [9.17, 15) is 14.7 Å². The molecule has 0 unspecified atom stereocenters. The Hall–Kier alpha value is -3.92. The van der Waals surface area contributed by atoms with E-state index in [0.717, 1.165) is 25.9 Å². The van der Waals surface area contributed by atoms with Gasteiger partial charge in [0.2, 0.25) is 5.75 Å². The SMILES string of the molecule is COc1cc2c(-c3cc(OC)c(OC)c(OC)c3)c(C(=O)O)n(CCN3CCCCC3)c(=O)c2cc1OC. The molecule has 2 aromatic carbocycles. The average Bonchev–Trinajstić information content (AvgIpc) is 2.95. The summed E-state index contributed by atoms with van der Waals surface area (Å²) in [4.78, 5) is 29.0. The second-order valence-electron chi connectivity index (χ2n) is 9.05. The van der Waals surface area contributed by atoms with Gasteiger partial charge in [-0.2, -0.15) is 0 Å². The molecule has 1 N–H and O–H groups in total. The van der Waals surface area contributed by atoms with Crippen molar-refractivity contribution in [3.05, 3.63) is 40.3 Å². The molecule has 38 heavy (non-hydrogen) atoms. The molecule has 1 aliphatic rings. The van der Waals surface area contributed by atoms with Gasteiger partial charge in [0, 0.05) is 24.0 Å². The number of hydrogen-bond donors (Lipinski definition) is 1. The zero-order chi connectivity index (χ0) is 27.4. The van der Waals surface area contributed by atoms with E-state index >= 15 is 0 Å². The molecule has 0 amide bonds. The summed E-state index contributed by atoms with van der Waals surface area (Å²) in [5.41, 5.74) is 0.291. The number of ether oxygens (including phenoxy) is 5. The van der Waals surface area contributed by atoms with Crippen molar-refractivity contribution in [3.63, 3.8) is 0 Å². The van der Waals surface area contributed by atoms with Crippen molar-refractivity contribution in [2.24, 2.45) is 0 Å². The quantitative estimate of drug-likeness (QED) is 0.421. The molecule has 0 radical (unpaired) electrons. The molecule has 0 atom stereocenters. The number of fused-ring (bicyclic) bond motifs is 1. The van der Waals surface area contributed by atoms with Crippen molar-refractivity contribution in [3.8, 4) is 39.9 Å². The molecule has 204 valence electrons. The highest BCUT2D eigenvalue weighted by Crippen LogP contribution is 2.44. The van der Waals surface area contributed by atoms with E-state index < -0.39 is 11.5 Å². The van der Waals surface area contributed by atoms with E-state index in [4.69, 9.17) is 23.7 Å². The number of carboxylic acid groups (broad SMARTS) is 1. The van der Waals surface area contributed by atoms with Gasteiger partial charge in [-0.15, -0.1) is 0 Å². The Labute approximate surface area is 221 Å². The van der Waals surface area contributed by atoms with E-state index in [0.29, 0.717) is 57.2 Å². The minimum atomic E-state index is -1.22. The maximum atomic E-state index is 13.8. The first-order valence-electron chi connectivity index (χ1n) is 12.5. The van der Waals surface area contributed by atoms with Crippen molar-refractivity contribution in [2.45, 2.75) is 25.8 Å². The van der Waals surface area contributed by atoms with Gasteiger partial charge in [0.1, 0.15) is 5.69 Å². The summed E-state index contributed by atoms with van der Waals surface area (Å²) < 4.78 is 28.9. The minimum absolute atomic E-state index is 0.124. The summed E-state index contributed by atoms with van der Waals surface area (Å²) in [5.74, 6) is 0.614. The fraction of sp³-hybridized carbons (Fsp3) is 0.429. The first kappa shape index (κ1) is 27.1. The highest BCUT2D eigenvalue weighted by Gasteiger charge is 2.27. The zero-order valence-electron chi connectivity index (χ0n) is 22.5. The van der Waals surface area contributed by atoms with Crippen LogP contribution in [-0.4, -0.2) is 75.7 Å². The third kappa shape index (κ3) is 4.96. The van der Waals surface area contributed by atoms with Crippen LogP contribution < -0.4 is 29.2 Å². The van der Waals surface area contributed by atoms with E-state index in [2.05, 4.69) is 4.90 Å². The molecule has 0 bridgehead atoms. The summed E-state index contributed by atoms with van der Waals surface area (Å²) in [7, 11) is 7.45. The molecule has 1 fully saturated rings. The van der Waals surface area contributed by atoms with Crippen molar-refractivity contribution < 1.29 is 33.6 Å². The number of carbonyl (C=O) groups is 1. The van der Waals surface area contributed by atoms with Gasteiger partial charge in [0.05, 0.1) is 40.9 Å². The molecule has 10 nitrogen and oxygen atoms in total. The number of carboxylic acids is 1. The van der Waals surface area contributed by atoms with E-state index in [-0.39, 0.29) is 12.2 Å². The van der Waals surface area contributed by atoms with Crippen LogP contribution in [0.5, 0.6) is 28.7 Å². The smallest absolute Gasteiger partial charge is 0.353 e. The van der Waals surface area contributed by atoms with Crippen molar-refractivity contribution in [2.75, 3.05) is 55.2 Å². The van der Waals surface area contributed by atoms with Crippen molar-refractivity contribution in [1.29, 1.82) is 0 Å². The third-order valence-electron chi connectivity index (χ3n) is 7.02. The molecule has 0 spiro atoms. The predicted octanol–water partition coefficient (Wildman–Crippen LogP) is 3.90. The summed E-state index contributed by atoms with van der Waals surface area (Å²) in [5, 5.41) is 11.2. The van der Waals surface area contributed by atoms with E-state index in [1.807, 2.05) is 0 Å². The summed E-state index contributed by atoms with van der Waals surface area (Å²) in [6.07, 6.45) is 3.36. The molecule has 4 rings (SSSR count). The number of aromatic nitrogens is 1. The first-order valence-corrected chi connectivity index (χ1v) is 12.5. The molecule has 2 heterocycles. The number of rotatable bonds is 10. The van der Waals surface area contributed by atoms with Gasteiger partial charge >= 0.3 is 5.97 Å². The largest absolute Gasteiger partial charge is 0.493 e. The molecule has 1 saturated heterocycles. The van der Waals surface area contributed by atoms with Crippen LogP contribution >= 0.6 is 0 Å². The van der Waals surface area contributed by atoms with Crippen LogP contribution in [0.3, 0.4) is 0 Å². The van der Waals surface area contributed by atoms with E-state index in [1.165, 1.54) is 46.5 Å². The van der Waals surface area contributed by atoms with Crippen molar-refractivity contribution in [1.82, 2.24) is 9.47 Å². The minimum Gasteiger partial charge on any atom is -0.493 e. The Balaban J connectivity index is 2.07. The number of pyridine rings is 1. The number of methoxy groups -OCH3 is 5. The van der Waals surface area contributed by atoms with Gasteiger partial charge in [-0.1, -0.05) is 6.42 Å². The third-order valence-corrected chi connectivity index (χ3v) is 7.02. The van der Waals surface area contributed by atoms with Crippen LogP contribution in [0.25, 0.3) is 21.9 Å². The predicted molar refractivity (Wildman–Crippen MR) is 144 cm³/mol. The van der Waals surface area contributed by atoms with Gasteiger partial charge in [-0.05, 0) is 55.8 Å². The number of benzene rings is 2. The Bertz CT molecular complexity index is 1370. The van der Waals surface area contributed by atoms with Crippen LogP contribution in [-0.2, 0) is 6.54 Å². The second kappa shape index (κ2) is 11.6. The lowest BCUT2D eigenvalue weighted by molar-refractivity contribution is 0.0683. The van der Waals surface area contributed by atoms with Crippen LogP contribution in [0.1, 0.15) is 29.8 Å². The molecule has 1 aromatic heterocycles. The maximum Gasteiger partial charge on any atom is 0.353 e. The van der Waals surface area contributed by atoms with Gasteiger partial charge in [-0.3, -0.25) is 4.79 Å². The topological polar surface area (TPSA) is 109 Å².